The summed E-state index contributed by atoms with van der Waals surface area (Å²) in [7, 11) is 0. The van der Waals surface area contributed by atoms with E-state index in [0.717, 1.165) is 0 Å². The summed E-state index contributed by atoms with van der Waals surface area (Å²) < 4.78 is 26.8. The molecular formula is C18H16F2N2O2. The Morgan fingerprint density at radius 3 is 2.79 bits per heavy atom. The third kappa shape index (κ3) is 3.42. The van der Waals surface area contributed by atoms with Gasteiger partial charge >= 0.3 is 0 Å². The van der Waals surface area contributed by atoms with Crippen molar-refractivity contribution in [2.24, 2.45) is 0 Å². The third-order valence-corrected chi connectivity index (χ3v) is 4.02. The highest BCUT2D eigenvalue weighted by atomic mass is 19.1. The highest BCUT2D eigenvalue weighted by Crippen LogP contribution is 2.32. The molecule has 3 rings (SSSR count). The molecule has 2 N–H and O–H groups in total. The molecule has 1 heterocycles. The summed E-state index contributed by atoms with van der Waals surface area (Å²) in [5.41, 5.74) is 1.42. The van der Waals surface area contributed by atoms with Crippen molar-refractivity contribution in [1.29, 1.82) is 0 Å². The van der Waals surface area contributed by atoms with Crippen molar-refractivity contribution in [3.63, 3.8) is 0 Å². The number of carbonyl (C=O) groups is 2. The molecule has 24 heavy (non-hydrogen) atoms. The van der Waals surface area contributed by atoms with Crippen molar-refractivity contribution in [3.05, 3.63) is 65.2 Å². The first kappa shape index (κ1) is 16.1. The molecule has 2 amide bonds. The topological polar surface area (TPSA) is 58.2 Å². The second-order valence-electron chi connectivity index (χ2n) is 5.67. The van der Waals surface area contributed by atoms with Crippen LogP contribution in [0.15, 0.2) is 42.5 Å². The first-order valence-corrected chi connectivity index (χ1v) is 7.65. The zero-order valence-corrected chi connectivity index (χ0v) is 12.8. The van der Waals surface area contributed by atoms with E-state index in [0.29, 0.717) is 23.2 Å². The molecule has 0 saturated heterocycles. The smallest absolute Gasteiger partial charge is 0.228 e. The number of carbonyl (C=O) groups excluding carboxylic acids is 2. The van der Waals surface area contributed by atoms with Crippen molar-refractivity contribution in [2.75, 3.05) is 11.9 Å². The third-order valence-electron chi connectivity index (χ3n) is 4.02. The van der Waals surface area contributed by atoms with Gasteiger partial charge in [0.15, 0.2) is 0 Å². The maximum absolute atomic E-state index is 13.6. The Hall–Kier alpha value is -2.76. The maximum Gasteiger partial charge on any atom is 0.228 e. The summed E-state index contributed by atoms with van der Waals surface area (Å²) >= 11 is 0. The summed E-state index contributed by atoms with van der Waals surface area (Å²) in [6, 6.07) is 10.3. The molecule has 0 unspecified atom stereocenters. The van der Waals surface area contributed by atoms with Crippen LogP contribution in [0.2, 0.25) is 0 Å². The van der Waals surface area contributed by atoms with E-state index in [1.165, 1.54) is 24.3 Å². The molecule has 2 aromatic carbocycles. The number of benzene rings is 2. The van der Waals surface area contributed by atoms with Crippen LogP contribution < -0.4 is 10.6 Å². The van der Waals surface area contributed by atoms with E-state index in [4.69, 9.17) is 0 Å². The molecule has 1 atom stereocenters. The Labute approximate surface area is 137 Å². The first-order valence-electron chi connectivity index (χ1n) is 7.65. The number of fused-ring (bicyclic) bond motifs is 1. The lowest BCUT2D eigenvalue weighted by Crippen LogP contribution is -2.36. The van der Waals surface area contributed by atoms with E-state index in [2.05, 4.69) is 10.6 Å². The average molecular weight is 330 g/mol. The van der Waals surface area contributed by atoms with Gasteiger partial charge in [0.05, 0.1) is 5.92 Å². The Bertz CT molecular complexity index is 792. The van der Waals surface area contributed by atoms with Crippen LogP contribution in [0.1, 0.15) is 23.5 Å². The monoisotopic (exact) mass is 330 g/mol. The molecule has 124 valence electrons. The SMILES string of the molecule is O=C1C[C@H](C(=O)NCCc2ccccc2F)c2ccc(F)cc2N1. The number of hydrogen-bond acceptors (Lipinski definition) is 2. The second-order valence-corrected chi connectivity index (χ2v) is 5.67. The van der Waals surface area contributed by atoms with Gasteiger partial charge in [-0.1, -0.05) is 24.3 Å². The van der Waals surface area contributed by atoms with Crippen LogP contribution in [0.3, 0.4) is 0 Å². The predicted octanol–water partition coefficient (Wildman–Crippen LogP) is 2.75. The number of amides is 2. The Kier molecular flexibility index (Phi) is 4.55. The van der Waals surface area contributed by atoms with E-state index < -0.39 is 11.7 Å². The van der Waals surface area contributed by atoms with Crippen LogP contribution in [-0.4, -0.2) is 18.4 Å². The van der Waals surface area contributed by atoms with E-state index in [1.807, 2.05) is 0 Å². The van der Waals surface area contributed by atoms with Gasteiger partial charge in [-0.05, 0) is 35.7 Å². The fourth-order valence-corrected chi connectivity index (χ4v) is 2.82. The fraction of sp³-hybridized carbons (Fsp3) is 0.222. The minimum Gasteiger partial charge on any atom is -0.355 e. The molecule has 2 aromatic rings. The molecule has 0 aromatic heterocycles. The number of nitrogens with one attached hydrogen (secondary N) is 2. The van der Waals surface area contributed by atoms with Gasteiger partial charge in [-0.3, -0.25) is 9.59 Å². The van der Waals surface area contributed by atoms with Gasteiger partial charge in [0, 0.05) is 18.7 Å². The quantitative estimate of drug-likeness (QED) is 0.906. The Balaban J connectivity index is 1.67. The zero-order chi connectivity index (χ0) is 17.1. The van der Waals surface area contributed by atoms with Gasteiger partial charge in [-0.25, -0.2) is 8.78 Å². The average Bonchev–Trinajstić information content (AvgIpc) is 2.55. The van der Waals surface area contributed by atoms with E-state index in [-0.39, 0.29) is 30.6 Å². The molecule has 1 aliphatic rings. The summed E-state index contributed by atoms with van der Waals surface area (Å²) in [5.74, 6) is -2.12. The molecule has 0 saturated carbocycles. The van der Waals surface area contributed by atoms with Gasteiger partial charge in [0.1, 0.15) is 11.6 Å². The summed E-state index contributed by atoms with van der Waals surface area (Å²) in [5, 5.41) is 5.29. The van der Waals surface area contributed by atoms with Gasteiger partial charge in [0.2, 0.25) is 11.8 Å². The summed E-state index contributed by atoms with van der Waals surface area (Å²) in [6.07, 6.45) is 0.359. The molecular weight excluding hydrogens is 314 g/mol. The molecule has 0 aliphatic carbocycles. The molecule has 0 bridgehead atoms. The van der Waals surface area contributed by atoms with Gasteiger partial charge in [0.25, 0.3) is 0 Å². The first-order chi connectivity index (χ1) is 11.5. The Morgan fingerprint density at radius 1 is 1.21 bits per heavy atom. The lowest BCUT2D eigenvalue weighted by atomic mass is 9.89. The van der Waals surface area contributed by atoms with Crippen LogP contribution in [0.25, 0.3) is 0 Å². The second kappa shape index (κ2) is 6.78. The number of rotatable bonds is 4. The standard InChI is InChI=1S/C18H16F2N2O2/c19-12-5-6-13-14(10-17(23)22-16(13)9-12)18(24)21-8-7-11-3-1-2-4-15(11)20/h1-6,9,14H,7-8,10H2,(H,21,24)(H,22,23)/t14-/m0/s1. The van der Waals surface area contributed by atoms with Gasteiger partial charge < -0.3 is 10.6 Å². The lowest BCUT2D eigenvalue weighted by Gasteiger charge is -2.24. The molecule has 0 spiro atoms. The van der Waals surface area contributed by atoms with Crippen molar-refractivity contribution < 1.29 is 18.4 Å². The number of hydrogen-bond donors (Lipinski definition) is 2. The molecule has 0 radical (unpaired) electrons. The predicted molar refractivity (Wildman–Crippen MR) is 85.5 cm³/mol. The highest BCUT2D eigenvalue weighted by molar-refractivity contribution is 6.01. The van der Waals surface area contributed by atoms with Crippen LogP contribution in [0, 0.1) is 11.6 Å². The zero-order valence-electron chi connectivity index (χ0n) is 12.8. The van der Waals surface area contributed by atoms with Crippen LogP contribution in [0.5, 0.6) is 0 Å². The van der Waals surface area contributed by atoms with Crippen molar-refractivity contribution in [2.45, 2.75) is 18.8 Å². The maximum atomic E-state index is 13.6. The Morgan fingerprint density at radius 2 is 2.00 bits per heavy atom. The van der Waals surface area contributed by atoms with Crippen LogP contribution >= 0.6 is 0 Å². The normalized spacial score (nSPS) is 16.2. The minimum absolute atomic E-state index is 0.00413. The largest absolute Gasteiger partial charge is 0.355 e. The lowest BCUT2D eigenvalue weighted by molar-refractivity contribution is -0.126. The molecule has 4 nitrogen and oxygen atoms in total. The van der Waals surface area contributed by atoms with Gasteiger partial charge in [-0.2, -0.15) is 0 Å². The van der Waals surface area contributed by atoms with Crippen LogP contribution in [-0.2, 0) is 16.0 Å². The van der Waals surface area contributed by atoms with E-state index >= 15 is 0 Å². The van der Waals surface area contributed by atoms with Crippen molar-refractivity contribution >= 4 is 17.5 Å². The molecule has 1 aliphatic heterocycles. The fourth-order valence-electron chi connectivity index (χ4n) is 2.82. The van der Waals surface area contributed by atoms with E-state index in [1.54, 1.807) is 18.2 Å². The van der Waals surface area contributed by atoms with Crippen molar-refractivity contribution in [1.82, 2.24) is 5.32 Å². The highest BCUT2D eigenvalue weighted by Gasteiger charge is 2.30. The summed E-state index contributed by atoms with van der Waals surface area (Å²) in [6.45, 7) is 0.258. The number of anilines is 1. The molecule has 0 fully saturated rings. The van der Waals surface area contributed by atoms with Gasteiger partial charge in [-0.15, -0.1) is 0 Å². The number of halogens is 2. The summed E-state index contributed by atoms with van der Waals surface area (Å²) in [4.78, 5) is 24.1. The minimum atomic E-state index is -0.671. The molecule has 6 heteroatoms. The van der Waals surface area contributed by atoms with Crippen LogP contribution in [0.4, 0.5) is 14.5 Å². The van der Waals surface area contributed by atoms with Crippen molar-refractivity contribution in [3.8, 4) is 0 Å². The van der Waals surface area contributed by atoms with E-state index in [9.17, 15) is 18.4 Å².